The number of amides is 2. The number of carbonyl (C=O) groups excluding carboxylic acids is 2. The van der Waals surface area contributed by atoms with Crippen LogP contribution in [0.3, 0.4) is 0 Å². The molecule has 2 rings (SSSR count). The van der Waals surface area contributed by atoms with Gasteiger partial charge in [0.2, 0.25) is 5.91 Å². The Labute approximate surface area is 143 Å². The average Bonchev–Trinajstić information content (AvgIpc) is 2.48. The quantitative estimate of drug-likeness (QED) is 0.713. The number of quaternary nitrogens is 1. The Morgan fingerprint density at radius 2 is 1.71 bits per heavy atom. The Kier molecular flexibility index (Phi) is 6.34. The number of benzene rings is 1. The summed E-state index contributed by atoms with van der Waals surface area (Å²) in [5.41, 5.74) is 2.84. The zero-order valence-corrected chi connectivity index (χ0v) is 14.9. The predicted octanol–water partition coefficient (Wildman–Crippen LogP) is 0.0502. The zero-order chi connectivity index (χ0) is 17.7. The molecule has 132 valence electrons. The lowest BCUT2D eigenvalue weighted by molar-refractivity contribution is -0.907. The zero-order valence-electron chi connectivity index (χ0n) is 14.9. The summed E-state index contributed by atoms with van der Waals surface area (Å²) in [4.78, 5) is 25.3. The van der Waals surface area contributed by atoms with E-state index in [0.29, 0.717) is 6.54 Å². The second-order valence-electron chi connectivity index (χ2n) is 6.68. The second kappa shape index (κ2) is 8.26. The molecule has 24 heavy (non-hydrogen) atoms. The number of rotatable bonds is 5. The fraction of sp³-hybridized carbons (Fsp3) is 0.556. The van der Waals surface area contributed by atoms with Gasteiger partial charge in [0.25, 0.3) is 5.91 Å². The molecule has 1 aromatic rings. The Bertz CT molecular complexity index is 573. The van der Waals surface area contributed by atoms with E-state index in [1.807, 2.05) is 45.9 Å². The number of aryl methyl sites for hydroxylation is 2. The summed E-state index contributed by atoms with van der Waals surface area (Å²) < 4.78 is 5.67. The second-order valence-corrected chi connectivity index (χ2v) is 6.68. The van der Waals surface area contributed by atoms with Gasteiger partial charge in [0.1, 0.15) is 25.3 Å². The molecule has 1 aliphatic heterocycles. The van der Waals surface area contributed by atoms with Crippen LogP contribution < -0.4 is 15.5 Å². The average molecular weight is 334 g/mol. The molecule has 0 spiro atoms. The minimum absolute atomic E-state index is 0.0124. The lowest BCUT2D eigenvalue weighted by Gasteiger charge is -2.31. The Morgan fingerprint density at radius 1 is 1.12 bits per heavy atom. The van der Waals surface area contributed by atoms with Crippen molar-refractivity contribution in [3.63, 3.8) is 0 Å². The molecule has 0 saturated carbocycles. The minimum atomic E-state index is -0.209. The molecule has 3 atom stereocenters. The van der Waals surface area contributed by atoms with Crippen molar-refractivity contribution in [3.8, 4) is 0 Å². The molecule has 1 unspecified atom stereocenters. The monoisotopic (exact) mass is 334 g/mol. The van der Waals surface area contributed by atoms with Gasteiger partial charge in [-0.2, -0.15) is 0 Å². The maximum Gasteiger partial charge on any atom is 0.275 e. The van der Waals surface area contributed by atoms with Crippen LogP contribution in [-0.2, 0) is 14.3 Å². The van der Waals surface area contributed by atoms with Crippen LogP contribution in [0.2, 0.25) is 0 Å². The van der Waals surface area contributed by atoms with E-state index < -0.39 is 0 Å². The predicted molar refractivity (Wildman–Crippen MR) is 93.1 cm³/mol. The number of ether oxygens (including phenoxy) is 1. The maximum atomic E-state index is 12.1. The number of anilines is 1. The van der Waals surface area contributed by atoms with Crippen LogP contribution in [0.4, 0.5) is 5.69 Å². The minimum Gasteiger partial charge on any atom is -0.364 e. The van der Waals surface area contributed by atoms with Crippen LogP contribution in [-0.4, -0.2) is 50.2 Å². The van der Waals surface area contributed by atoms with Crippen molar-refractivity contribution in [1.29, 1.82) is 0 Å². The van der Waals surface area contributed by atoms with Crippen molar-refractivity contribution < 1.29 is 19.2 Å². The largest absolute Gasteiger partial charge is 0.364 e. The van der Waals surface area contributed by atoms with E-state index in [2.05, 4.69) is 10.6 Å². The van der Waals surface area contributed by atoms with Crippen molar-refractivity contribution >= 4 is 17.5 Å². The normalized spacial score (nSPS) is 23.6. The molecule has 1 saturated heterocycles. The Morgan fingerprint density at radius 3 is 2.29 bits per heavy atom. The molecule has 1 fully saturated rings. The molecule has 1 heterocycles. The molecule has 6 heteroatoms. The topological polar surface area (TPSA) is 71.9 Å². The fourth-order valence-corrected chi connectivity index (χ4v) is 3.20. The van der Waals surface area contributed by atoms with Gasteiger partial charge in [-0.05, 0) is 38.8 Å². The highest BCUT2D eigenvalue weighted by Crippen LogP contribution is 2.18. The van der Waals surface area contributed by atoms with Gasteiger partial charge < -0.3 is 20.3 Å². The number of carbonyl (C=O) groups is 2. The summed E-state index contributed by atoms with van der Waals surface area (Å²) in [6, 6.07) is 5.85. The number of para-hydroxylation sites is 1. The molecule has 1 aliphatic rings. The van der Waals surface area contributed by atoms with Gasteiger partial charge >= 0.3 is 0 Å². The molecule has 0 radical (unpaired) electrons. The van der Waals surface area contributed by atoms with Crippen LogP contribution in [0.15, 0.2) is 18.2 Å². The molecular formula is C18H28N3O3+. The molecule has 3 N–H and O–H groups in total. The molecule has 1 aromatic carbocycles. The third kappa shape index (κ3) is 5.32. The summed E-state index contributed by atoms with van der Waals surface area (Å²) in [6.07, 6.45) is 0.313. The SMILES string of the molecule is Cc1cccc(C)c1NC(=O)CNC(=O)C[NH+]1C[C@@H](C)O[C@@H](C)C1. The number of nitrogens with one attached hydrogen (secondary N) is 3. The Hall–Kier alpha value is -1.92. The summed E-state index contributed by atoms with van der Waals surface area (Å²) >= 11 is 0. The van der Waals surface area contributed by atoms with Crippen molar-refractivity contribution in [3.05, 3.63) is 29.3 Å². The van der Waals surface area contributed by atoms with Gasteiger partial charge in [0.15, 0.2) is 6.54 Å². The lowest BCUT2D eigenvalue weighted by atomic mass is 10.1. The van der Waals surface area contributed by atoms with Crippen molar-refractivity contribution in [2.45, 2.75) is 39.9 Å². The molecule has 2 amide bonds. The molecule has 0 aliphatic carbocycles. The molecule has 0 bridgehead atoms. The highest BCUT2D eigenvalue weighted by atomic mass is 16.5. The first-order valence-electron chi connectivity index (χ1n) is 8.47. The highest BCUT2D eigenvalue weighted by molar-refractivity contribution is 5.95. The summed E-state index contributed by atoms with van der Waals surface area (Å²) in [5.74, 6) is -0.317. The summed E-state index contributed by atoms with van der Waals surface area (Å²) in [5, 5.41) is 5.58. The Balaban J connectivity index is 1.78. The fourth-order valence-electron chi connectivity index (χ4n) is 3.20. The van der Waals surface area contributed by atoms with Gasteiger partial charge in [0.05, 0.1) is 6.54 Å². The van der Waals surface area contributed by atoms with Crippen molar-refractivity contribution in [2.75, 3.05) is 31.5 Å². The first kappa shape index (κ1) is 18.4. The maximum absolute atomic E-state index is 12.1. The molecule has 6 nitrogen and oxygen atoms in total. The van der Waals surface area contributed by atoms with Crippen molar-refractivity contribution in [2.24, 2.45) is 0 Å². The third-order valence-electron chi connectivity index (χ3n) is 4.22. The van der Waals surface area contributed by atoms with Crippen LogP contribution in [0, 0.1) is 13.8 Å². The van der Waals surface area contributed by atoms with Gasteiger partial charge in [0, 0.05) is 5.69 Å². The summed E-state index contributed by atoms with van der Waals surface area (Å²) in [7, 11) is 0. The van der Waals surface area contributed by atoms with E-state index in [9.17, 15) is 9.59 Å². The lowest BCUT2D eigenvalue weighted by Crippen LogP contribution is -3.16. The van der Waals surface area contributed by atoms with Gasteiger partial charge in [-0.1, -0.05) is 18.2 Å². The standard InChI is InChI=1S/C18H27N3O3/c1-12-6-5-7-13(2)18(12)20-16(22)8-19-17(23)11-21-9-14(3)24-15(4)10-21/h5-7,14-15H,8-11H2,1-4H3,(H,19,23)(H,20,22)/p+1/t14-,15+. The van der Waals surface area contributed by atoms with E-state index in [1.54, 1.807) is 0 Å². The van der Waals surface area contributed by atoms with Crippen molar-refractivity contribution in [1.82, 2.24) is 5.32 Å². The van der Waals surface area contributed by atoms with E-state index in [1.165, 1.54) is 4.90 Å². The number of hydrogen-bond acceptors (Lipinski definition) is 3. The van der Waals surface area contributed by atoms with Gasteiger partial charge in [-0.25, -0.2) is 0 Å². The number of morpholine rings is 1. The smallest absolute Gasteiger partial charge is 0.275 e. The van der Waals surface area contributed by atoms with Gasteiger partial charge in [-0.3, -0.25) is 9.59 Å². The van der Waals surface area contributed by atoms with E-state index >= 15 is 0 Å². The van der Waals surface area contributed by atoms with E-state index in [0.717, 1.165) is 29.9 Å². The molecule has 0 aromatic heterocycles. The van der Waals surface area contributed by atoms with E-state index in [4.69, 9.17) is 4.74 Å². The van der Waals surface area contributed by atoms with Crippen LogP contribution in [0.5, 0.6) is 0 Å². The van der Waals surface area contributed by atoms with E-state index in [-0.39, 0.29) is 30.6 Å². The van der Waals surface area contributed by atoms with Crippen LogP contribution in [0.25, 0.3) is 0 Å². The van der Waals surface area contributed by atoms with Gasteiger partial charge in [-0.15, -0.1) is 0 Å². The first-order chi connectivity index (χ1) is 11.3. The first-order valence-corrected chi connectivity index (χ1v) is 8.47. The summed E-state index contributed by atoms with van der Waals surface area (Å²) in [6.45, 7) is 9.92. The highest BCUT2D eigenvalue weighted by Gasteiger charge is 2.27. The van der Waals surface area contributed by atoms with Crippen LogP contribution >= 0.6 is 0 Å². The number of hydrogen-bond donors (Lipinski definition) is 3. The molecular weight excluding hydrogens is 306 g/mol. The van der Waals surface area contributed by atoms with Crippen LogP contribution in [0.1, 0.15) is 25.0 Å². The third-order valence-corrected chi connectivity index (χ3v) is 4.22.